The van der Waals surface area contributed by atoms with E-state index in [0.29, 0.717) is 18.7 Å². The van der Waals surface area contributed by atoms with Crippen LogP contribution in [0.5, 0.6) is 0 Å². The fourth-order valence-corrected chi connectivity index (χ4v) is 2.71. The second-order valence-electron chi connectivity index (χ2n) is 5.14. The van der Waals surface area contributed by atoms with Gasteiger partial charge in [0.15, 0.2) is 5.82 Å². The molecule has 0 spiro atoms. The van der Waals surface area contributed by atoms with Crippen molar-refractivity contribution in [3.05, 3.63) is 47.6 Å². The minimum absolute atomic E-state index is 0.0533. The van der Waals surface area contributed by atoms with Crippen LogP contribution in [0.25, 0.3) is 0 Å². The average molecular weight is 258 g/mol. The normalized spacial score (nSPS) is 17.1. The Morgan fingerprint density at radius 3 is 2.63 bits per heavy atom. The predicted molar refractivity (Wildman–Crippen MR) is 70.8 cm³/mol. The molecule has 0 saturated heterocycles. The number of benzene rings is 1. The summed E-state index contributed by atoms with van der Waals surface area (Å²) in [6.07, 6.45) is 4.68. The molecule has 0 aliphatic heterocycles. The van der Waals surface area contributed by atoms with Crippen LogP contribution >= 0.6 is 0 Å². The molecule has 1 fully saturated rings. The van der Waals surface area contributed by atoms with E-state index in [0.717, 1.165) is 18.7 Å². The van der Waals surface area contributed by atoms with Gasteiger partial charge in [-0.15, -0.1) is 0 Å². The first kappa shape index (κ1) is 12.4. The third kappa shape index (κ3) is 2.16. The zero-order chi connectivity index (χ0) is 13.1. The zero-order valence-corrected chi connectivity index (χ0v) is 10.9. The van der Waals surface area contributed by atoms with Crippen molar-refractivity contribution in [1.82, 2.24) is 10.1 Å². The number of rotatable bonds is 5. The minimum atomic E-state index is -0.0533. The number of aliphatic hydroxyl groups is 1. The highest BCUT2D eigenvalue weighted by atomic mass is 16.5. The Hall–Kier alpha value is -1.68. The van der Waals surface area contributed by atoms with Gasteiger partial charge in [0.05, 0.1) is 5.41 Å². The van der Waals surface area contributed by atoms with E-state index < -0.39 is 0 Å². The maximum absolute atomic E-state index is 8.84. The number of nitrogens with zero attached hydrogens (tertiary/aromatic N) is 2. The molecule has 1 aromatic heterocycles. The lowest BCUT2D eigenvalue weighted by Crippen LogP contribution is -2.36. The number of hydrogen-bond acceptors (Lipinski definition) is 4. The van der Waals surface area contributed by atoms with Gasteiger partial charge in [0.1, 0.15) is 0 Å². The number of aromatic nitrogens is 2. The molecule has 19 heavy (non-hydrogen) atoms. The lowest BCUT2D eigenvalue weighted by Gasteiger charge is -2.39. The van der Waals surface area contributed by atoms with E-state index in [4.69, 9.17) is 9.63 Å². The SMILES string of the molecule is OCCCc1nc(C2(c3ccccc3)CCC2)no1. The van der Waals surface area contributed by atoms with Crippen molar-refractivity contribution in [1.29, 1.82) is 0 Å². The molecule has 1 aliphatic rings. The molecule has 4 heteroatoms. The van der Waals surface area contributed by atoms with E-state index in [1.54, 1.807) is 0 Å². The zero-order valence-electron chi connectivity index (χ0n) is 10.9. The second kappa shape index (κ2) is 5.13. The lowest BCUT2D eigenvalue weighted by molar-refractivity contribution is 0.266. The van der Waals surface area contributed by atoms with E-state index in [9.17, 15) is 0 Å². The minimum Gasteiger partial charge on any atom is -0.396 e. The van der Waals surface area contributed by atoms with E-state index in [1.807, 2.05) is 6.07 Å². The van der Waals surface area contributed by atoms with Crippen LogP contribution < -0.4 is 0 Å². The van der Waals surface area contributed by atoms with Crippen LogP contribution in [-0.2, 0) is 11.8 Å². The Bertz CT molecular complexity index is 532. The molecule has 1 N–H and O–H groups in total. The summed E-state index contributed by atoms with van der Waals surface area (Å²) in [5.74, 6) is 1.43. The predicted octanol–water partition coefficient (Wildman–Crippen LogP) is 2.46. The van der Waals surface area contributed by atoms with Gasteiger partial charge in [-0.2, -0.15) is 4.98 Å². The van der Waals surface area contributed by atoms with Crippen molar-refractivity contribution in [3.8, 4) is 0 Å². The smallest absolute Gasteiger partial charge is 0.226 e. The van der Waals surface area contributed by atoms with Crippen molar-refractivity contribution in [2.45, 2.75) is 37.5 Å². The Kier molecular flexibility index (Phi) is 3.34. The lowest BCUT2D eigenvalue weighted by atomic mass is 9.64. The van der Waals surface area contributed by atoms with Crippen molar-refractivity contribution in [3.63, 3.8) is 0 Å². The molecule has 0 unspecified atom stereocenters. The molecule has 4 nitrogen and oxygen atoms in total. The van der Waals surface area contributed by atoms with Gasteiger partial charge in [-0.1, -0.05) is 41.9 Å². The Morgan fingerprint density at radius 2 is 2.00 bits per heavy atom. The molecule has 1 aliphatic carbocycles. The van der Waals surface area contributed by atoms with Crippen LogP contribution in [-0.4, -0.2) is 21.9 Å². The molecular weight excluding hydrogens is 240 g/mol. The Morgan fingerprint density at radius 1 is 1.21 bits per heavy atom. The first-order valence-corrected chi connectivity index (χ1v) is 6.85. The van der Waals surface area contributed by atoms with Gasteiger partial charge in [-0.25, -0.2) is 0 Å². The van der Waals surface area contributed by atoms with E-state index in [2.05, 4.69) is 34.4 Å². The first-order chi connectivity index (χ1) is 9.35. The third-order valence-electron chi connectivity index (χ3n) is 3.98. The number of aliphatic hydroxyl groups excluding tert-OH is 1. The summed E-state index contributed by atoms with van der Waals surface area (Å²) < 4.78 is 5.30. The second-order valence-corrected chi connectivity index (χ2v) is 5.14. The molecule has 1 heterocycles. The molecule has 0 bridgehead atoms. The van der Waals surface area contributed by atoms with Crippen LogP contribution in [0.1, 0.15) is 43.0 Å². The van der Waals surface area contributed by atoms with Gasteiger partial charge < -0.3 is 9.63 Å². The van der Waals surface area contributed by atoms with Crippen LogP contribution in [0.4, 0.5) is 0 Å². The molecular formula is C15H18N2O2. The monoisotopic (exact) mass is 258 g/mol. The Balaban J connectivity index is 1.88. The maximum Gasteiger partial charge on any atom is 0.226 e. The average Bonchev–Trinajstić information content (AvgIpc) is 2.85. The summed E-state index contributed by atoms with van der Waals surface area (Å²) >= 11 is 0. The molecule has 3 rings (SSSR count). The summed E-state index contributed by atoms with van der Waals surface area (Å²) in [6, 6.07) is 10.4. The van der Waals surface area contributed by atoms with E-state index >= 15 is 0 Å². The van der Waals surface area contributed by atoms with Crippen molar-refractivity contribution in [2.24, 2.45) is 0 Å². The molecule has 0 amide bonds. The van der Waals surface area contributed by atoms with Crippen molar-refractivity contribution < 1.29 is 9.63 Å². The quantitative estimate of drug-likeness (QED) is 0.895. The van der Waals surface area contributed by atoms with Crippen LogP contribution in [0, 0.1) is 0 Å². The molecule has 0 atom stereocenters. The van der Waals surface area contributed by atoms with Gasteiger partial charge >= 0.3 is 0 Å². The summed E-state index contributed by atoms with van der Waals surface area (Å²) in [5, 5.41) is 13.0. The van der Waals surface area contributed by atoms with Gasteiger partial charge in [-0.3, -0.25) is 0 Å². The van der Waals surface area contributed by atoms with E-state index in [1.165, 1.54) is 12.0 Å². The number of aryl methyl sites for hydroxylation is 1. The van der Waals surface area contributed by atoms with Gasteiger partial charge in [0.2, 0.25) is 5.89 Å². The van der Waals surface area contributed by atoms with Crippen molar-refractivity contribution in [2.75, 3.05) is 6.61 Å². The van der Waals surface area contributed by atoms with Crippen LogP contribution in [0.15, 0.2) is 34.9 Å². The van der Waals surface area contributed by atoms with Crippen molar-refractivity contribution >= 4 is 0 Å². The molecule has 0 radical (unpaired) electrons. The standard InChI is InChI=1S/C15H18N2O2/c18-11-4-8-13-16-14(17-19-13)15(9-5-10-15)12-6-2-1-3-7-12/h1-3,6-7,18H,4-5,8-11H2. The highest BCUT2D eigenvalue weighted by molar-refractivity contribution is 5.35. The summed E-state index contributed by atoms with van der Waals surface area (Å²) in [6.45, 7) is 0.154. The van der Waals surface area contributed by atoms with E-state index in [-0.39, 0.29) is 12.0 Å². The van der Waals surface area contributed by atoms with Gasteiger partial charge in [-0.05, 0) is 24.8 Å². The fourth-order valence-electron chi connectivity index (χ4n) is 2.71. The molecule has 100 valence electrons. The third-order valence-corrected chi connectivity index (χ3v) is 3.98. The molecule has 1 saturated carbocycles. The van der Waals surface area contributed by atoms with Gasteiger partial charge in [0, 0.05) is 13.0 Å². The Labute approximate surface area is 112 Å². The number of hydrogen-bond donors (Lipinski definition) is 1. The summed E-state index contributed by atoms with van der Waals surface area (Å²) in [7, 11) is 0. The molecule has 1 aromatic carbocycles. The van der Waals surface area contributed by atoms with Crippen LogP contribution in [0.2, 0.25) is 0 Å². The largest absolute Gasteiger partial charge is 0.396 e. The fraction of sp³-hybridized carbons (Fsp3) is 0.467. The van der Waals surface area contributed by atoms with Crippen LogP contribution in [0.3, 0.4) is 0 Å². The summed E-state index contributed by atoms with van der Waals surface area (Å²) in [5.41, 5.74) is 1.22. The first-order valence-electron chi connectivity index (χ1n) is 6.85. The highest BCUT2D eigenvalue weighted by Gasteiger charge is 2.44. The topological polar surface area (TPSA) is 59.2 Å². The van der Waals surface area contributed by atoms with Gasteiger partial charge in [0.25, 0.3) is 0 Å². The highest BCUT2D eigenvalue weighted by Crippen LogP contribution is 2.47. The maximum atomic E-state index is 8.84. The molecule has 2 aromatic rings. The summed E-state index contributed by atoms with van der Waals surface area (Å²) in [4.78, 5) is 4.53.